The summed E-state index contributed by atoms with van der Waals surface area (Å²) in [6.45, 7) is 3.12. The Bertz CT molecular complexity index is 1530. The zero-order chi connectivity index (χ0) is 30.7. The fourth-order valence-corrected chi connectivity index (χ4v) is 5.47. The van der Waals surface area contributed by atoms with Gasteiger partial charge in [0.2, 0.25) is 5.91 Å². The van der Waals surface area contributed by atoms with Crippen LogP contribution in [-0.4, -0.2) is 64.7 Å². The number of nitrogens with one attached hydrogen (secondary N) is 2. The third-order valence-electron chi connectivity index (χ3n) is 8.12. The van der Waals surface area contributed by atoms with Crippen LogP contribution in [0.1, 0.15) is 64.2 Å². The maximum absolute atomic E-state index is 13.8. The van der Waals surface area contributed by atoms with Crippen LogP contribution in [0.5, 0.6) is 0 Å². The zero-order valence-electron chi connectivity index (χ0n) is 24.2. The van der Waals surface area contributed by atoms with Gasteiger partial charge < -0.3 is 15.7 Å². The van der Waals surface area contributed by atoms with Gasteiger partial charge >= 0.3 is 0 Å². The van der Waals surface area contributed by atoms with Gasteiger partial charge in [-0.05, 0) is 60.6 Å². The molecule has 2 aliphatic rings. The maximum atomic E-state index is 13.8. The molecule has 1 aliphatic heterocycles. The first-order valence-corrected chi connectivity index (χ1v) is 14.5. The fourth-order valence-electron chi connectivity index (χ4n) is 5.47. The molecule has 3 aromatic carbocycles. The Morgan fingerprint density at radius 2 is 1.42 bits per heavy atom. The molecule has 1 saturated carbocycles. The first-order chi connectivity index (χ1) is 20.6. The lowest BCUT2D eigenvalue weighted by Gasteiger charge is -2.28. The molecule has 3 aromatic rings. The molecule has 9 heteroatoms. The Kier molecular flexibility index (Phi) is 8.54. The number of carbonyl (C=O) groups is 5. The standard InChI is InChI=1S/C34H35N3O6/c1-21(2)17-27(29(39)34(20-38)15-16-34)35-31(41)28(19-37-32(42)25-13-6-7-14-26(25)33(37)43)36-30(40)24-12-8-11-23(18-24)22-9-4-3-5-10-22/h3-14,18,21,27-28,38H,15-17,19-20H2,1-2H3,(H,35,41)(H,36,40)/t27?,28-/m0/s1. The molecule has 3 N–H and O–H groups in total. The van der Waals surface area contributed by atoms with Gasteiger partial charge in [0.25, 0.3) is 17.7 Å². The number of fused-ring (bicyclic) bond motifs is 1. The summed E-state index contributed by atoms with van der Waals surface area (Å²) in [4.78, 5) is 68.0. The van der Waals surface area contributed by atoms with Gasteiger partial charge in [0.15, 0.2) is 5.78 Å². The number of amides is 4. The number of rotatable bonds is 12. The molecule has 0 spiro atoms. The summed E-state index contributed by atoms with van der Waals surface area (Å²) in [7, 11) is 0. The highest BCUT2D eigenvalue weighted by Gasteiger charge is 2.52. The minimum atomic E-state index is -1.35. The predicted molar refractivity (Wildman–Crippen MR) is 160 cm³/mol. The van der Waals surface area contributed by atoms with E-state index in [-0.39, 0.29) is 35.0 Å². The number of aliphatic hydroxyl groups excluding tert-OH is 1. The zero-order valence-corrected chi connectivity index (χ0v) is 24.2. The Balaban J connectivity index is 1.42. The van der Waals surface area contributed by atoms with Gasteiger partial charge in [0, 0.05) is 5.56 Å². The van der Waals surface area contributed by atoms with Crippen molar-refractivity contribution in [2.75, 3.05) is 13.2 Å². The van der Waals surface area contributed by atoms with E-state index in [4.69, 9.17) is 0 Å². The minimum Gasteiger partial charge on any atom is -0.395 e. The second-order valence-electron chi connectivity index (χ2n) is 11.7. The van der Waals surface area contributed by atoms with Crippen molar-refractivity contribution in [2.24, 2.45) is 11.3 Å². The molecule has 0 aromatic heterocycles. The summed E-state index contributed by atoms with van der Waals surface area (Å²) in [5.74, 6) is -2.60. The van der Waals surface area contributed by atoms with Crippen molar-refractivity contribution in [1.82, 2.24) is 15.5 Å². The SMILES string of the molecule is CC(C)CC(NC(=O)[C@H](CN1C(=O)c2ccccc2C1=O)NC(=O)c1cccc(-c2ccccc2)c1)C(=O)C1(CO)CC1. The molecule has 4 amide bonds. The van der Waals surface area contributed by atoms with E-state index in [1.165, 1.54) is 0 Å². The van der Waals surface area contributed by atoms with E-state index in [1.54, 1.807) is 42.5 Å². The van der Waals surface area contributed by atoms with Crippen molar-refractivity contribution in [1.29, 1.82) is 0 Å². The molecule has 1 heterocycles. The molecule has 1 aliphatic carbocycles. The topological polar surface area (TPSA) is 133 Å². The first-order valence-electron chi connectivity index (χ1n) is 14.5. The monoisotopic (exact) mass is 581 g/mol. The average Bonchev–Trinajstić information content (AvgIpc) is 3.79. The molecule has 9 nitrogen and oxygen atoms in total. The van der Waals surface area contributed by atoms with Crippen molar-refractivity contribution in [3.05, 3.63) is 95.6 Å². The third kappa shape index (κ3) is 6.27. The number of Topliss-reactive ketones (excluding diaryl/α,β-unsaturated/α-hetero) is 1. The molecule has 1 fully saturated rings. The molecule has 222 valence electrons. The van der Waals surface area contributed by atoms with Crippen LogP contribution in [0.25, 0.3) is 11.1 Å². The average molecular weight is 582 g/mol. The summed E-state index contributed by atoms with van der Waals surface area (Å²) >= 11 is 0. The highest BCUT2D eigenvalue weighted by Crippen LogP contribution is 2.47. The number of carbonyl (C=O) groups excluding carboxylic acids is 5. The smallest absolute Gasteiger partial charge is 0.261 e. The molecule has 0 radical (unpaired) electrons. The first kappa shape index (κ1) is 29.8. The molecule has 2 atom stereocenters. The van der Waals surface area contributed by atoms with E-state index >= 15 is 0 Å². The summed E-state index contributed by atoms with van der Waals surface area (Å²) < 4.78 is 0. The van der Waals surface area contributed by atoms with Gasteiger partial charge in [0.1, 0.15) is 6.04 Å². The van der Waals surface area contributed by atoms with Crippen LogP contribution < -0.4 is 10.6 Å². The Morgan fingerprint density at radius 3 is 2.00 bits per heavy atom. The Hall–Kier alpha value is -4.63. The van der Waals surface area contributed by atoms with Crippen molar-refractivity contribution in [3.63, 3.8) is 0 Å². The van der Waals surface area contributed by atoms with Gasteiger partial charge in [-0.2, -0.15) is 0 Å². The summed E-state index contributed by atoms with van der Waals surface area (Å²) in [6.07, 6.45) is 1.42. The van der Waals surface area contributed by atoms with E-state index < -0.39 is 47.7 Å². The number of ketones is 1. The summed E-state index contributed by atoms with van der Waals surface area (Å²) in [5.41, 5.74) is 1.57. The quantitative estimate of drug-likeness (QED) is 0.280. The highest BCUT2D eigenvalue weighted by atomic mass is 16.3. The van der Waals surface area contributed by atoms with Crippen molar-refractivity contribution in [3.8, 4) is 11.1 Å². The lowest BCUT2D eigenvalue weighted by Crippen LogP contribution is -2.57. The highest BCUT2D eigenvalue weighted by molar-refractivity contribution is 6.21. The van der Waals surface area contributed by atoms with Crippen molar-refractivity contribution in [2.45, 2.75) is 45.2 Å². The number of aliphatic hydroxyl groups is 1. The van der Waals surface area contributed by atoms with Crippen LogP contribution in [-0.2, 0) is 9.59 Å². The van der Waals surface area contributed by atoms with Crippen LogP contribution in [0, 0.1) is 11.3 Å². The molecular formula is C34H35N3O6. The van der Waals surface area contributed by atoms with Crippen LogP contribution in [0.2, 0.25) is 0 Å². The van der Waals surface area contributed by atoms with Crippen molar-refractivity contribution < 1.29 is 29.1 Å². The summed E-state index contributed by atoms with van der Waals surface area (Å²) in [6, 6.07) is 20.6. The predicted octanol–water partition coefficient (Wildman–Crippen LogP) is 3.62. The molecule has 0 bridgehead atoms. The largest absolute Gasteiger partial charge is 0.395 e. The third-order valence-corrected chi connectivity index (χ3v) is 8.12. The number of hydrogen-bond donors (Lipinski definition) is 3. The molecular weight excluding hydrogens is 546 g/mol. The van der Waals surface area contributed by atoms with Crippen LogP contribution in [0.4, 0.5) is 0 Å². The van der Waals surface area contributed by atoms with Gasteiger partial charge in [-0.15, -0.1) is 0 Å². The van der Waals surface area contributed by atoms with Gasteiger partial charge in [0.05, 0.1) is 35.7 Å². The number of benzene rings is 3. The van der Waals surface area contributed by atoms with Crippen molar-refractivity contribution >= 4 is 29.4 Å². The van der Waals surface area contributed by atoms with E-state index in [2.05, 4.69) is 10.6 Å². The molecule has 5 rings (SSSR count). The second kappa shape index (κ2) is 12.3. The minimum absolute atomic E-state index is 0.0498. The molecule has 43 heavy (non-hydrogen) atoms. The van der Waals surface area contributed by atoms with E-state index in [1.807, 2.05) is 50.2 Å². The van der Waals surface area contributed by atoms with E-state index in [0.29, 0.717) is 19.3 Å². The fraction of sp³-hybridized carbons (Fsp3) is 0.324. The maximum Gasteiger partial charge on any atom is 0.261 e. The lowest BCUT2D eigenvalue weighted by molar-refractivity contribution is -0.133. The van der Waals surface area contributed by atoms with E-state index in [0.717, 1.165) is 16.0 Å². The number of nitrogens with zero attached hydrogens (tertiary/aromatic N) is 1. The number of imide groups is 1. The van der Waals surface area contributed by atoms with Crippen LogP contribution >= 0.6 is 0 Å². The van der Waals surface area contributed by atoms with Gasteiger partial charge in [-0.3, -0.25) is 28.9 Å². The van der Waals surface area contributed by atoms with E-state index in [9.17, 15) is 29.1 Å². The Morgan fingerprint density at radius 1 is 0.814 bits per heavy atom. The van der Waals surface area contributed by atoms with Crippen LogP contribution in [0.15, 0.2) is 78.9 Å². The van der Waals surface area contributed by atoms with Crippen LogP contribution in [0.3, 0.4) is 0 Å². The second-order valence-corrected chi connectivity index (χ2v) is 11.7. The normalized spacial score (nSPS) is 16.4. The molecule has 1 unspecified atom stereocenters. The Labute approximate surface area is 250 Å². The van der Waals surface area contributed by atoms with Gasteiger partial charge in [-0.1, -0.05) is 68.4 Å². The molecule has 0 saturated heterocycles. The van der Waals surface area contributed by atoms with Gasteiger partial charge in [-0.25, -0.2) is 0 Å². The number of hydrogen-bond acceptors (Lipinski definition) is 6. The summed E-state index contributed by atoms with van der Waals surface area (Å²) in [5, 5.41) is 15.4. The lowest BCUT2D eigenvalue weighted by atomic mass is 9.90.